The summed E-state index contributed by atoms with van der Waals surface area (Å²) in [5, 5.41) is 13.4. The van der Waals surface area contributed by atoms with Crippen LogP contribution in [-0.4, -0.2) is 38.5 Å². The lowest BCUT2D eigenvalue weighted by Gasteiger charge is -2.26. The molecule has 0 radical (unpaired) electrons. The predicted octanol–water partition coefficient (Wildman–Crippen LogP) is 2.25. The molecular weight excluding hydrogens is 328 g/mol. The number of sulfone groups is 1. The summed E-state index contributed by atoms with van der Waals surface area (Å²) in [7, 11) is -4.73. The van der Waals surface area contributed by atoms with E-state index >= 15 is 0 Å². The third-order valence-electron chi connectivity index (χ3n) is 4.44. The van der Waals surface area contributed by atoms with Crippen LogP contribution in [0, 0.1) is 0 Å². The van der Waals surface area contributed by atoms with Crippen molar-refractivity contribution in [2.45, 2.75) is 48.5 Å². The summed E-state index contributed by atoms with van der Waals surface area (Å²) in [5.41, 5.74) is 1.48. The molecule has 1 fully saturated rings. The maximum atomic E-state index is 12.9. The highest BCUT2D eigenvalue weighted by molar-refractivity contribution is 7.91. The van der Waals surface area contributed by atoms with Gasteiger partial charge in [0.05, 0.1) is 11.0 Å². The van der Waals surface area contributed by atoms with E-state index in [0.717, 1.165) is 18.5 Å². The monoisotopic (exact) mass is 347 g/mol. The first-order valence-corrected chi connectivity index (χ1v) is 9.16. The molecule has 0 spiro atoms. The molecule has 1 heterocycles. The number of fused-ring (bicyclic) bond motifs is 1. The first-order valence-electron chi connectivity index (χ1n) is 7.61. The van der Waals surface area contributed by atoms with Crippen LogP contribution in [-0.2, 0) is 21.0 Å². The molecule has 128 valence electrons. The van der Waals surface area contributed by atoms with Gasteiger partial charge in [0.25, 0.3) is 0 Å². The Kier molecular flexibility index (Phi) is 4.57. The van der Waals surface area contributed by atoms with Gasteiger partial charge < -0.3 is 15.2 Å². The van der Waals surface area contributed by atoms with Gasteiger partial charge in [0, 0.05) is 30.5 Å². The van der Waals surface area contributed by atoms with Crippen molar-refractivity contribution >= 4 is 15.5 Å². The van der Waals surface area contributed by atoms with Crippen LogP contribution in [0.25, 0.3) is 0 Å². The molecule has 23 heavy (non-hydrogen) atoms. The smallest absolute Gasteiger partial charge is 0.341 e. The van der Waals surface area contributed by atoms with E-state index in [1.54, 1.807) is 0 Å². The highest BCUT2D eigenvalue weighted by Crippen LogP contribution is 2.41. The van der Waals surface area contributed by atoms with Crippen molar-refractivity contribution in [2.24, 2.45) is 0 Å². The van der Waals surface area contributed by atoms with Gasteiger partial charge in [-0.15, -0.1) is 0 Å². The SMILES string of the molecule is O=S(=O)(c1ccc(NC2CCOCC2)c2c1[C@H](O)CC2)C(F)F. The van der Waals surface area contributed by atoms with Gasteiger partial charge in [-0.1, -0.05) is 0 Å². The molecule has 2 N–H and O–H groups in total. The third kappa shape index (κ3) is 3.07. The molecular formula is C15H19F2NO4S. The molecule has 0 bridgehead atoms. The van der Waals surface area contributed by atoms with Gasteiger partial charge in [-0.3, -0.25) is 0 Å². The van der Waals surface area contributed by atoms with Crippen LogP contribution in [0.4, 0.5) is 14.5 Å². The second kappa shape index (κ2) is 6.33. The van der Waals surface area contributed by atoms with Crippen molar-refractivity contribution in [3.8, 4) is 0 Å². The molecule has 1 saturated heterocycles. The summed E-state index contributed by atoms with van der Waals surface area (Å²) >= 11 is 0. The number of hydrogen-bond acceptors (Lipinski definition) is 5. The molecule has 2 aliphatic rings. The number of benzene rings is 1. The van der Waals surface area contributed by atoms with Crippen LogP contribution in [0.1, 0.15) is 36.5 Å². The van der Waals surface area contributed by atoms with Crippen LogP contribution >= 0.6 is 0 Å². The number of alkyl halides is 2. The fourth-order valence-electron chi connectivity index (χ4n) is 3.24. The number of halogens is 2. The molecule has 8 heteroatoms. The minimum Gasteiger partial charge on any atom is -0.388 e. The van der Waals surface area contributed by atoms with Crippen molar-refractivity contribution in [3.63, 3.8) is 0 Å². The number of anilines is 1. The van der Waals surface area contributed by atoms with Gasteiger partial charge in [-0.2, -0.15) is 8.78 Å². The summed E-state index contributed by atoms with van der Waals surface area (Å²) in [6.07, 6.45) is 1.44. The van der Waals surface area contributed by atoms with Crippen molar-refractivity contribution in [3.05, 3.63) is 23.3 Å². The van der Waals surface area contributed by atoms with Crippen LogP contribution < -0.4 is 5.32 Å². The molecule has 0 unspecified atom stereocenters. The van der Waals surface area contributed by atoms with E-state index in [-0.39, 0.29) is 11.6 Å². The number of aliphatic hydroxyl groups is 1. The van der Waals surface area contributed by atoms with Crippen molar-refractivity contribution in [2.75, 3.05) is 18.5 Å². The Morgan fingerprint density at radius 2 is 1.91 bits per heavy atom. The fraction of sp³-hybridized carbons (Fsp3) is 0.600. The van der Waals surface area contributed by atoms with Gasteiger partial charge in [-0.05, 0) is 43.4 Å². The molecule has 0 amide bonds. The Morgan fingerprint density at radius 3 is 2.57 bits per heavy atom. The van der Waals surface area contributed by atoms with Crippen LogP contribution in [0.3, 0.4) is 0 Å². The summed E-state index contributed by atoms with van der Waals surface area (Å²) in [6, 6.07) is 2.90. The predicted molar refractivity (Wildman–Crippen MR) is 80.4 cm³/mol. The molecule has 0 saturated carbocycles. The Bertz CT molecular complexity index is 687. The van der Waals surface area contributed by atoms with Gasteiger partial charge in [0.15, 0.2) is 0 Å². The highest BCUT2D eigenvalue weighted by atomic mass is 32.2. The van der Waals surface area contributed by atoms with E-state index in [9.17, 15) is 22.3 Å². The van der Waals surface area contributed by atoms with E-state index in [1.165, 1.54) is 12.1 Å². The van der Waals surface area contributed by atoms with Crippen molar-refractivity contribution in [1.82, 2.24) is 0 Å². The van der Waals surface area contributed by atoms with Gasteiger partial charge in [0.1, 0.15) is 0 Å². The van der Waals surface area contributed by atoms with E-state index in [1.807, 2.05) is 0 Å². The van der Waals surface area contributed by atoms with Crippen molar-refractivity contribution in [1.29, 1.82) is 0 Å². The molecule has 0 aromatic heterocycles. The summed E-state index contributed by atoms with van der Waals surface area (Å²) < 4.78 is 54.7. The maximum absolute atomic E-state index is 12.9. The minimum absolute atomic E-state index is 0.127. The summed E-state index contributed by atoms with van der Waals surface area (Å²) in [4.78, 5) is -0.454. The Morgan fingerprint density at radius 1 is 1.22 bits per heavy atom. The average Bonchev–Trinajstić information content (AvgIpc) is 2.91. The van der Waals surface area contributed by atoms with E-state index in [2.05, 4.69) is 5.32 Å². The third-order valence-corrected chi connectivity index (χ3v) is 5.88. The van der Waals surface area contributed by atoms with E-state index in [0.29, 0.717) is 31.6 Å². The molecule has 1 atom stereocenters. The van der Waals surface area contributed by atoms with Gasteiger partial charge >= 0.3 is 5.76 Å². The second-order valence-corrected chi connectivity index (χ2v) is 7.78. The molecule has 1 aromatic rings. The van der Waals surface area contributed by atoms with Crippen LogP contribution in [0.5, 0.6) is 0 Å². The number of hydrogen-bond donors (Lipinski definition) is 2. The van der Waals surface area contributed by atoms with E-state index < -0.39 is 26.6 Å². The number of ether oxygens (including phenoxy) is 1. The summed E-state index contributed by atoms with van der Waals surface area (Å²) in [6.45, 7) is 1.31. The first-order chi connectivity index (χ1) is 10.9. The molecule has 1 aliphatic heterocycles. The molecule has 5 nitrogen and oxygen atoms in total. The minimum atomic E-state index is -4.73. The lowest BCUT2D eigenvalue weighted by Crippen LogP contribution is -2.28. The topological polar surface area (TPSA) is 75.6 Å². The Balaban J connectivity index is 1.99. The van der Waals surface area contributed by atoms with Crippen LogP contribution in [0.15, 0.2) is 17.0 Å². The number of aliphatic hydroxyl groups excluding tert-OH is 1. The number of rotatable bonds is 4. The largest absolute Gasteiger partial charge is 0.388 e. The Hall–Kier alpha value is -1.25. The highest BCUT2D eigenvalue weighted by Gasteiger charge is 2.36. The quantitative estimate of drug-likeness (QED) is 0.874. The molecule has 1 aromatic carbocycles. The first kappa shape index (κ1) is 16.6. The average molecular weight is 347 g/mol. The summed E-state index contributed by atoms with van der Waals surface area (Å²) in [5.74, 6) is -3.49. The normalized spacial score (nSPS) is 22.3. The van der Waals surface area contributed by atoms with Gasteiger partial charge in [-0.25, -0.2) is 8.42 Å². The standard InChI is InChI=1S/C15H19F2NO4S/c16-15(17)23(20,21)13-4-2-11(10-1-3-12(19)14(10)13)18-9-5-7-22-8-6-9/h2,4,9,12,15,18-19H,1,3,5-8H2/t12-/m1/s1. The zero-order valence-corrected chi connectivity index (χ0v) is 13.3. The fourth-order valence-corrected chi connectivity index (χ4v) is 4.26. The zero-order chi connectivity index (χ0) is 16.6. The zero-order valence-electron chi connectivity index (χ0n) is 12.5. The van der Waals surface area contributed by atoms with Crippen molar-refractivity contribution < 1.29 is 27.0 Å². The lowest BCUT2D eigenvalue weighted by atomic mass is 10.0. The second-order valence-electron chi connectivity index (χ2n) is 5.89. The lowest BCUT2D eigenvalue weighted by molar-refractivity contribution is 0.0904. The van der Waals surface area contributed by atoms with E-state index in [4.69, 9.17) is 4.74 Å². The molecule has 1 aliphatic carbocycles. The molecule has 3 rings (SSSR count). The van der Waals surface area contributed by atoms with Gasteiger partial charge in [0.2, 0.25) is 9.84 Å². The maximum Gasteiger partial charge on any atom is 0.341 e. The number of nitrogens with one attached hydrogen (secondary N) is 1. The van der Waals surface area contributed by atoms with Crippen LogP contribution in [0.2, 0.25) is 0 Å². The Labute approximate surface area is 133 Å².